The molecular weight excluding hydrogens is 445 g/mol. The third-order valence-corrected chi connectivity index (χ3v) is 9.83. The van der Waals surface area contributed by atoms with Crippen LogP contribution in [0.25, 0.3) is 0 Å². The van der Waals surface area contributed by atoms with Crippen LogP contribution in [0.1, 0.15) is 6.42 Å². The van der Waals surface area contributed by atoms with E-state index in [1.54, 1.807) is 24.3 Å². The van der Waals surface area contributed by atoms with Crippen molar-refractivity contribution in [2.75, 3.05) is 27.3 Å². The lowest BCUT2D eigenvalue weighted by atomic mass is 10.3. The second kappa shape index (κ2) is 8.28. The van der Waals surface area contributed by atoms with Gasteiger partial charge in [0.2, 0.25) is 5.91 Å². The zero-order valence-electron chi connectivity index (χ0n) is 17.3. The molecule has 2 atom stereocenters. The lowest BCUT2D eigenvalue weighted by Gasteiger charge is -2.35. The van der Waals surface area contributed by atoms with Crippen molar-refractivity contribution in [1.29, 1.82) is 0 Å². The summed E-state index contributed by atoms with van der Waals surface area (Å²) < 4.78 is 18.7. The normalized spacial score (nSPS) is 22.6. The first-order valence-electron chi connectivity index (χ1n) is 10.5. The number of hydrogen-bond donors (Lipinski definition) is 1. The number of carbonyl (C=O) groups is 1. The number of nitrogens with zero attached hydrogens (tertiary/aromatic N) is 3. The van der Waals surface area contributed by atoms with E-state index < -0.39 is 19.3 Å². The van der Waals surface area contributed by atoms with Crippen LogP contribution in [0, 0.1) is 0 Å². The number of aliphatic hydroxyl groups excluding tert-OH is 1. The number of carbonyl (C=O) groups excluding carboxylic acids is 1. The Hall–Kier alpha value is -2.79. The fraction of sp³-hybridized carbons (Fsp3) is 0.208. The van der Waals surface area contributed by atoms with E-state index in [-0.39, 0.29) is 12.3 Å². The van der Waals surface area contributed by atoms with Crippen molar-refractivity contribution < 1.29 is 14.5 Å². The zero-order chi connectivity index (χ0) is 22.3. The number of para-hydroxylation sites is 2. The van der Waals surface area contributed by atoms with E-state index in [4.69, 9.17) is 11.6 Å². The first-order valence-corrected chi connectivity index (χ1v) is 12.6. The molecule has 32 heavy (non-hydrogen) atoms. The van der Waals surface area contributed by atoms with Gasteiger partial charge in [0.1, 0.15) is 11.9 Å². The molecule has 0 saturated carbocycles. The average Bonchev–Trinajstić information content (AvgIpc) is 3.32. The quantitative estimate of drug-likeness (QED) is 0.548. The number of benzene rings is 3. The minimum atomic E-state index is -3.45. The molecule has 0 spiro atoms. The van der Waals surface area contributed by atoms with Gasteiger partial charge in [-0.3, -0.25) is 14.3 Å². The van der Waals surface area contributed by atoms with Crippen LogP contribution in [0.3, 0.4) is 0 Å². The van der Waals surface area contributed by atoms with Gasteiger partial charge in [-0.1, -0.05) is 48.0 Å². The smallest absolute Gasteiger partial charge is 0.275 e. The summed E-state index contributed by atoms with van der Waals surface area (Å²) in [7, 11) is -3.45. The molecule has 0 aliphatic carbocycles. The summed E-state index contributed by atoms with van der Waals surface area (Å²) in [6.07, 6.45) is -0.971. The molecule has 2 aliphatic rings. The summed E-state index contributed by atoms with van der Waals surface area (Å²) in [5, 5.41) is 11.4. The summed E-state index contributed by atoms with van der Waals surface area (Å²) in [6.45, 7) is 1.05. The second-order valence-electron chi connectivity index (χ2n) is 7.92. The van der Waals surface area contributed by atoms with E-state index in [0.29, 0.717) is 23.8 Å². The van der Waals surface area contributed by atoms with Gasteiger partial charge in [-0.05, 0) is 48.5 Å². The van der Waals surface area contributed by atoms with Gasteiger partial charge in [-0.25, -0.2) is 0 Å². The minimum absolute atomic E-state index is 0.0887. The van der Waals surface area contributed by atoms with Crippen LogP contribution in [0.5, 0.6) is 0 Å². The van der Waals surface area contributed by atoms with Crippen molar-refractivity contribution in [3.63, 3.8) is 0 Å². The van der Waals surface area contributed by atoms with E-state index in [1.165, 1.54) is 4.90 Å². The highest BCUT2D eigenvalue weighted by atomic mass is 35.5. The molecule has 0 bridgehead atoms. The Bertz CT molecular complexity index is 1110. The van der Waals surface area contributed by atoms with Gasteiger partial charge in [0.05, 0.1) is 0 Å². The number of rotatable bonds is 4. The van der Waals surface area contributed by atoms with Crippen LogP contribution in [-0.4, -0.2) is 36.0 Å². The van der Waals surface area contributed by atoms with Crippen LogP contribution >= 0.6 is 19.0 Å². The van der Waals surface area contributed by atoms with E-state index in [1.807, 2.05) is 70.0 Å². The topological polar surface area (TPSA) is 64.1 Å². The molecular formula is C24H23ClN3O3P. The summed E-state index contributed by atoms with van der Waals surface area (Å²) in [6, 6.07) is 25.8. The van der Waals surface area contributed by atoms with Crippen molar-refractivity contribution in [3.8, 4) is 0 Å². The Morgan fingerprint density at radius 2 is 1.28 bits per heavy atom. The predicted molar refractivity (Wildman–Crippen MR) is 129 cm³/mol. The van der Waals surface area contributed by atoms with Gasteiger partial charge in [0.25, 0.3) is 7.44 Å². The van der Waals surface area contributed by atoms with Crippen molar-refractivity contribution >= 4 is 42.0 Å². The summed E-state index contributed by atoms with van der Waals surface area (Å²) >= 11 is 6.00. The maximum absolute atomic E-state index is 14.9. The minimum Gasteiger partial charge on any atom is -0.373 e. The Kier molecular flexibility index (Phi) is 5.46. The Morgan fingerprint density at radius 1 is 0.781 bits per heavy atom. The van der Waals surface area contributed by atoms with Gasteiger partial charge in [-0.2, -0.15) is 0 Å². The van der Waals surface area contributed by atoms with Crippen molar-refractivity contribution in [2.45, 2.75) is 18.3 Å². The average molecular weight is 468 g/mol. The molecule has 8 heteroatoms. The molecule has 3 aromatic carbocycles. The fourth-order valence-corrected chi connectivity index (χ4v) is 8.24. The molecule has 1 amide bonds. The van der Waals surface area contributed by atoms with Crippen molar-refractivity contribution in [3.05, 3.63) is 90.0 Å². The monoisotopic (exact) mass is 467 g/mol. The highest BCUT2D eigenvalue weighted by molar-refractivity contribution is 7.69. The molecule has 2 aliphatic heterocycles. The first-order chi connectivity index (χ1) is 15.5. The number of amides is 1. The molecule has 0 radical (unpaired) electrons. The highest BCUT2D eigenvalue weighted by Crippen LogP contribution is 2.65. The molecule has 3 aromatic rings. The molecule has 1 N–H and O–H groups in total. The van der Waals surface area contributed by atoms with Crippen LogP contribution in [0.15, 0.2) is 84.9 Å². The molecule has 2 fully saturated rings. The lowest BCUT2D eigenvalue weighted by molar-refractivity contribution is -0.117. The SMILES string of the molecule is O=C1C(P2(=O)N(c3ccccc3)CCN2c2ccccc2)CC(O)N1c1ccc(Cl)cc1. The van der Waals surface area contributed by atoms with E-state index in [2.05, 4.69) is 0 Å². The molecule has 2 saturated heterocycles. The molecule has 2 unspecified atom stereocenters. The third kappa shape index (κ3) is 3.39. The lowest BCUT2D eigenvalue weighted by Crippen LogP contribution is -2.37. The molecule has 164 valence electrons. The fourth-order valence-electron chi connectivity index (χ4n) is 4.63. The highest BCUT2D eigenvalue weighted by Gasteiger charge is 2.57. The maximum atomic E-state index is 14.9. The standard InChI is InChI=1S/C24H23ClN3O3P/c25-18-11-13-21(14-12-18)28-23(29)17-22(24(28)30)32(31)26(19-7-3-1-4-8-19)15-16-27(32)20-9-5-2-6-10-20/h1-14,22-23,29H,15-17H2. The third-order valence-electron chi connectivity index (χ3n) is 6.09. The van der Waals surface area contributed by atoms with Crippen molar-refractivity contribution in [1.82, 2.24) is 0 Å². The van der Waals surface area contributed by atoms with E-state index >= 15 is 0 Å². The molecule has 0 aromatic heterocycles. The zero-order valence-corrected chi connectivity index (χ0v) is 18.9. The van der Waals surface area contributed by atoms with Crippen LogP contribution in [0.2, 0.25) is 5.02 Å². The molecule has 6 nitrogen and oxygen atoms in total. The predicted octanol–water partition coefficient (Wildman–Crippen LogP) is 4.98. The second-order valence-corrected chi connectivity index (χ2v) is 11.1. The Labute approximate surface area is 192 Å². The summed E-state index contributed by atoms with van der Waals surface area (Å²) in [4.78, 5) is 15.0. The summed E-state index contributed by atoms with van der Waals surface area (Å²) in [5.74, 6) is -0.341. The molecule has 2 heterocycles. The largest absolute Gasteiger partial charge is 0.373 e. The van der Waals surface area contributed by atoms with Crippen LogP contribution in [0.4, 0.5) is 17.1 Å². The molecule has 5 rings (SSSR count). The number of aliphatic hydroxyl groups is 1. The number of anilines is 3. The number of hydrogen-bond acceptors (Lipinski definition) is 3. The Balaban J connectivity index is 1.58. The van der Waals surface area contributed by atoms with Crippen LogP contribution in [-0.2, 0) is 9.36 Å². The van der Waals surface area contributed by atoms with Gasteiger partial charge < -0.3 is 14.4 Å². The summed E-state index contributed by atoms with van der Waals surface area (Å²) in [5.41, 5.74) is 1.29. The van der Waals surface area contributed by atoms with Crippen molar-refractivity contribution in [2.24, 2.45) is 0 Å². The van der Waals surface area contributed by atoms with Gasteiger partial charge >= 0.3 is 0 Å². The van der Waals surface area contributed by atoms with E-state index in [0.717, 1.165) is 11.4 Å². The number of halogens is 1. The van der Waals surface area contributed by atoms with E-state index in [9.17, 15) is 14.5 Å². The van der Waals surface area contributed by atoms with Gasteiger partial charge in [0, 0.05) is 41.6 Å². The van der Waals surface area contributed by atoms with Gasteiger partial charge in [0.15, 0.2) is 0 Å². The van der Waals surface area contributed by atoms with Crippen LogP contribution < -0.4 is 14.2 Å². The Morgan fingerprint density at radius 3 is 1.78 bits per heavy atom. The van der Waals surface area contributed by atoms with Gasteiger partial charge in [-0.15, -0.1) is 0 Å². The maximum Gasteiger partial charge on any atom is 0.275 e. The first kappa shape index (κ1) is 21.1.